The molecule has 1 aromatic heterocycles. The molecule has 84 valence electrons. The van der Waals surface area contributed by atoms with Gasteiger partial charge < -0.3 is 10.1 Å². The number of H-pyrrole nitrogens is 1. The van der Waals surface area contributed by atoms with Crippen LogP contribution in [0.25, 0.3) is 11.4 Å². The molecule has 2 N–H and O–H groups in total. The first kappa shape index (κ1) is 10.9. The molecule has 0 saturated carbocycles. The molecule has 0 saturated heterocycles. The predicted molar refractivity (Wildman–Crippen MR) is 63.9 cm³/mol. The van der Waals surface area contributed by atoms with Crippen LogP contribution in [-0.2, 0) is 0 Å². The molecule has 0 aliphatic rings. The van der Waals surface area contributed by atoms with Gasteiger partial charge in [-0.2, -0.15) is 0 Å². The van der Waals surface area contributed by atoms with Crippen LogP contribution in [0.1, 0.15) is 31.6 Å². The fourth-order valence-electron chi connectivity index (χ4n) is 1.68. The van der Waals surface area contributed by atoms with Crippen LogP contribution in [0.5, 0.6) is 0 Å². The van der Waals surface area contributed by atoms with E-state index in [2.05, 4.69) is 16.9 Å². The molecule has 0 amide bonds. The van der Waals surface area contributed by atoms with Crippen molar-refractivity contribution in [1.82, 2.24) is 9.97 Å². The van der Waals surface area contributed by atoms with Crippen LogP contribution in [0.15, 0.2) is 36.5 Å². The second kappa shape index (κ2) is 4.94. The Morgan fingerprint density at radius 3 is 2.75 bits per heavy atom. The average molecular weight is 216 g/mol. The summed E-state index contributed by atoms with van der Waals surface area (Å²) in [4.78, 5) is 7.43. The summed E-state index contributed by atoms with van der Waals surface area (Å²) in [6, 6.07) is 9.91. The predicted octanol–water partition coefficient (Wildman–Crippen LogP) is 2.91. The zero-order chi connectivity index (χ0) is 11.4. The molecule has 0 bridgehead atoms. The van der Waals surface area contributed by atoms with Gasteiger partial charge in [-0.25, -0.2) is 4.98 Å². The number of rotatable bonds is 4. The van der Waals surface area contributed by atoms with E-state index in [1.165, 1.54) is 0 Å². The highest BCUT2D eigenvalue weighted by Crippen LogP contribution is 2.20. The Morgan fingerprint density at radius 1 is 1.31 bits per heavy atom. The maximum Gasteiger partial charge on any atom is 0.137 e. The molecule has 3 heteroatoms. The number of nitrogens with zero attached hydrogens (tertiary/aromatic N) is 1. The first-order valence-corrected chi connectivity index (χ1v) is 5.59. The van der Waals surface area contributed by atoms with Crippen LogP contribution >= 0.6 is 0 Å². The fourth-order valence-corrected chi connectivity index (χ4v) is 1.68. The summed E-state index contributed by atoms with van der Waals surface area (Å²) in [5.74, 6) is 0.811. The molecule has 0 fully saturated rings. The van der Waals surface area contributed by atoms with Crippen LogP contribution in [0.3, 0.4) is 0 Å². The van der Waals surface area contributed by atoms with Crippen molar-refractivity contribution in [1.29, 1.82) is 0 Å². The monoisotopic (exact) mass is 216 g/mol. The number of hydrogen-bond donors (Lipinski definition) is 2. The molecule has 0 radical (unpaired) electrons. The van der Waals surface area contributed by atoms with Crippen molar-refractivity contribution < 1.29 is 5.11 Å². The van der Waals surface area contributed by atoms with E-state index < -0.39 is 6.10 Å². The molecule has 0 aliphatic carbocycles. The highest BCUT2D eigenvalue weighted by Gasteiger charge is 2.10. The Morgan fingerprint density at radius 2 is 2.06 bits per heavy atom. The molecule has 2 aromatic rings. The Labute approximate surface area is 95.2 Å². The molecule has 0 spiro atoms. The van der Waals surface area contributed by atoms with E-state index in [0.717, 1.165) is 29.9 Å². The number of aromatic nitrogens is 2. The van der Waals surface area contributed by atoms with E-state index in [1.54, 1.807) is 6.20 Å². The zero-order valence-corrected chi connectivity index (χ0v) is 9.35. The number of aliphatic hydroxyl groups excluding tert-OH is 1. The number of benzene rings is 1. The average Bonchev–Trinajstić information content (AvgIpc) is 2.80. The minimum absolute atomic E-state index is 0.435. The summed E-state index contributed by atoms with van der Waals surface area (Å²) >= 11 is 0. The normalized spacial score (nSPS) is 12.6. The van der Waals surface area contributed by atoms with Gasteiger partial charge in [-0.15, -0.1) is 0 Å². The summed E-state index contributed by atoms with van der Waals surface area (Å²) in [6.07, 6.45) is 3.00. The van der Waals surface area contributed by atoms with Crippen molar-refractivity contribution in [2.45, 2.75) is 25.9 Å². The summed E-state index contributed by atoms with van der Waals surface area (Å²) in [5.41, 5.74) is 1.83. The lowest BCUT2D eigenvalue weighted by atomic mass is 10.1. The highest BCUT2D eigenvalue weighted by atomic mass is 16.3. The van der Waals surface area contributed by atoms with Crippen LogP contribution < -0.4 is 0 Å². The maximum atomic E-state index is 9.81. The van der Waals surface area contributed by atoms with E-state index >= 15 is 0 Å². The van der Waals surface area contributed by atoms with Gasteiger partial charge in [-0.3, -0.25) is 0 Å². The SMILES string of the molecule is CCC[C@@H](O)c1cnc(-c2ccccc2)[nH]1. The number of aromatic amines is 1. The topological polar surface area (TPSA) is 48.9 Å². The molecule has 0 unspecified atom stereocenters. The van der Waals surface area contributed by atoms with Gasteiger partial charge in [0.15, 0.2) is 0 Å². The van der Waals surface area contributed by atoms with Crippen molar-refractivity contribution in [3.05, 3.63) is 42.2 Å². The molecule has 16 heavy (non-hydrogen) atoms. The second-order valence-corrected chi connectivity index (χ2v) is 3.86. The van der Waals surface area contributed by atoms with Crippen LogP contribution in [-0.4, -0.2) is 15.1 Å². The lowest BCUT2D eigenvalue weighted by Gasteiger charge is -2.05. The van der Waals surface area contributed by atoms with E-state index in [-0.39, 0.29) is 0 Å². The first-order chi connectivity index (χ1) is 7.81. The van der Waals surface area contributed by atoms with Crippen molar-refractivity contribution in [3.63, 3.8) is 0 Å². The van der Waals surface area contributed by atoms with Gasteiger partial charge in [0.25, 0.3) is 0 Å². The zero-order valence-electron chi connectivity index (χ0n) is 9.35. The van der Waals surface area contributed by atoms with E-state index in [1.807, 2.05) is 30.3 Å². The summed E-state index contributed by atoms with van der Waals surface area (Å²) in [7, 11) is 0. The van der Waals surface area contributed by atoms with Gasteiger partial charge >= 0.3 is 0 Å². The summed E-state index contributed by atoms with van der Waals surface area (Å²) in [5, 5.41) is 9.81. The Balaban J connectivity index is 2.20. The van der Waals surface area contributed by atoms with Gasteiger partial charge in [0.1, 0.15) is 5.82 Å². The summed E-state index contributed by atoms with van der Waals surface area (Å²) < 4.78 is 0. The van der Waals surface area contributed by atoms with Crippen molar-refractivity contribution in [2.24, 2.45) is 0 Å². The Hall–Kier alpha value is -1.61. The lowest BCUT2D eigenvalue weighted by molar-refractivity contribution is 0.162. The standard InChI is InChI=1S/C13H16N2O/c1-2-6-12(16)11-9-14-13(15-11)10-7-4-3-5-8-10/h3-5,7-9,12,16H,2,6H2,1H3,(H,14,15)/t12-/m1/s1. The number of aliphatic hydroxyl groups is 1. The third kappa shape index (κ3) is 2.31. The van der Waals surface area contributed by atoms with Gasteiger partial charge in [0.2, 0.25) is 0 Å². The molecule has 0 aliphatic heterocycles. The molecule has 3 nitrogen and oxygen atoms in total. The third-order valence-electron chi connectivity index (χ3n) is 2.56. The van der Waals surface area contributed by atoms with Gasteiger partial charge in [0, 0.05) is 5.56 Å². The molecule has 1 atom stereocenters. The van der Waals surface area contributed by atoms with E-state index in [4.69, 9.17) is 0 Å². The quantitative estimate of drug-likeness (QED) is 0.825. The minimum Gasteiger partial charge on any atom is -0.387 e. The number of imidazole rings is 1. The van der Waals surface area contributed by atoms with Crippen molar-refractivity contribution in [3.8, 4) is 11.4 Å². The molecular weight excluding hydrogens is 200 g/mol. The molecular formula is C13H16N2O. The lowest BCUT2D eigenvalue weighted by Crippen LogP contribution is -1.96. The third-order valence-corrected chi connectivity index (χ3v) is 2.56. The second-order valence-electron chi connectivity index (χ2n) is 3.86. The molecule has 2 rings (SSSR count). The number of nitrogens with one attached hydrogen (secondary N) is 1. The van der Waals surface area contributed by atoms with E-state index in [9.17, 15) is 5.11 Å². The summed E-state index contributed by atoms with van der Waals surface area (Å²) in [6.45, 7) is 2.05. The fraction of sp³-hybridized carbons (Fsp3) is 0.308. The largest absolute Gasteiger partial charge is 0.387 e. The highest BCUT2D eigenvalue weighted by molar-refractivity contribution is 5.54. The van der Waals surface area contributed by atoms with Gasteiger partial charge in [-0.05, 0) is 6.42 Å². The smallest absolute Gasteiger partial charge is 0.137 e. The molecule has 1 heterocycles. The van der Waals surface area contributed by atoms with Crippen LogP contribution in [0, 0.1) is 0 Å². The van der Waals surface area contributed by atoms with Crippen LogP contribution in [0.4, 0.5) is 0 Å². The van der Waals surface area contributed by atoms with Gasteiger partial charge in [0.05, 0.1) is 18.0 Å². The van der Waals surface area contributed by atoms with Gasteiger partial charge in [-0.1, -0.05) is 43.7 Å². The van der Waals surface area contributed by atoms with Crippen molar-refractivity contribution >= 4 is 0 Å². The van der Waals surface area contributed by atoms with Crippen molar-refractivity contribution in [2.75, 3.05) is 0 Å². The number of hydrogen-bond acceptors (Lipinski definition) is 2. The minimum atomic E-state index is -0.435. The Kier molecular flexibility index (Phi) is 3.37. The molecule has 1 aromatic carbocycles. The van der Waals surface area contributed by atoms with Crippen LogP contribution in [0.2, 0.25) is 0 Å². The van der Waals surface area contributed by atoms with E-state index in [0.29, 0.717) is 0 Å². The maximum absolute atomic E-state index is 9.81. The first-order valence-electron chi connectivity index (χ1n) is 5.59. The Bertz CT molecular complexity index is 436.